The van der Waals surface area contributed by atoms with Crippen molar-refractivity contribution in [2.75, 3.05) is 0 Å². The second-order valence-corrected chi connectivity index (χ2v) is 4.27. The molecule has 2 N–H and O–H groups in total. The molecule has 0 saturated heterocycles. The topological polar surface area (TPSA) is 43.1 Å². The summed E-state index contributed by atoms with van der Waals surface area (Å²) in [5.41, 5.74) is 6.69. The standard InChI is InChI=1S/C14H21NO/c1-2-3-9-13(14(15)16)11-10-12-7-5-4-6-8-12/h4-8,13H,2-3,9-11H2,1H3,(H2,15,16). The number of nitrogens with two attached hydrogens (primary N) is 1. The second kappa shape index (κ2) is 7.04. The van der Waals surface area contributed by atoms with Crippen molar-refractivity contribution in [2.45, 2.75) is 39.0 Å². The predicted octanol–water partition coefficient (Wildman–Crippen LogP) is 2.91. The first kappa shape index (κ1) is 12.8. The Morgan fingerprint density at radius 3 is 2.50 bits per heavy atom. The molecule has 1 aromatic rings. The van der Waals surface area contributed by atoms with Crippen LogP contribution < -0.4 is 5.73 Å². The molecule has 2 heteroatoms. The van der Waals surface area contributed by atoms with E-state index in [1.807, 2.05) is 18.2 Å². The van der Waals surface area contributed by atoms with Crippen molar-refractivity contribution in [3.8, 4) is 0 Å². The summed E-state index contributed by atoms with van der Waals surface area (Å²) in [6.07, 6.45) is 4.95. The van der Waals surface area contributed by atoms with Gasteiger partial charge in [-0.2, -0.15) is 0 Å². The number of unbranched alkanes of at least 4 members (excludes halogenated alkanes) is 1. The smallest absolute Gasteiger partial charge is 0.220 e. The van der Waals surface area contributed by atoms with Gasteiger partial charge in [-0.1, -0.05) is 50.1 Å². The third-order valence-corrected chi connectivity index (χ3v) is 2.93. The summed E-state index contributed by atoms with van der Waals surface area (Å²) < 4.78 is 0. The molecule has 0 heterocycles. The molecular formula is C14H21NO. The zero-order valence-corrected chi connectivity index (χ0v) is 9.99. The number of benzene rings is 1. The number of aryl methyl sites for hydroxylation is 1. The molecule has 2 nitrogen and oxygen atoms in total. The Kier molecular flexibility index (Phi) is 5.62. The van der Waals surface area contributed by atoms with Gasteiger partial charge >= 0.3 is 0 Å². The Labute approximate surface area is 97.9 Å². The van der Waals surface area contributed by atoms with Crippen molar-refractivity contribution in [1.82, 2.24) is 0 Å². The lowest BCUT2D eigenvalue weighted by Crippen LogP contribution is -2.23. The van der Waals surface area contributed by atoms with Crippen molar-refractivity contribution in [2.24, 2.45) is 11.7 Å². The number of carbonyl (C=O) groups excluding carboxylic acids is 1. The predicted molar refractivity (Wildman–Crippen MR) is 67.0 cm³/mol. The summed E-state index contributed by atoms with van der Waals surface area (Å²) >= 11 is 0. The maximum Gasteiger partial charge on any atom is 0.220 e. The molecule has 0 saturated carbocycles. The van der Waals surface area contributed by atoms with Crippen LogP contribution in [0.25, 0.3) is 0 Å². The van der Waals surface area contributed by atoms with Gasteiger partial charge in [0, 0.05) is 5.92 Å². The highest BCUT2D eigenvalue weighted by Gasteiger charge is 2.14. The van der Waals surface area contributed by atoms with E-state index in [0.29, 0.717) is 0 Å². The van der Waals surface area contributed by atoms with Crippen LogP contribution in [-0.4, -0.2) is 5.91 Å². The van der Waals surface area contributed by atoms with Gasteiger partial charge in [-0.05, 0) is 24.8 Å². The Morgan fingerprint density at radius 1 is 1.25 bits per heavy atom. The Bertz CT molecular complexity index is 308. The molecule has 1 amide bonds. The third-order valence-electron chi connectivity index (χ3n) is 2.93. The highest BCUT2D eigenvalue weighted by molar-refractivity contribution is 5.76. The van der Waals surface area contributed by atoms with Gasteiger partial charge < -0.3 is 5.73 Å². The summed E-state index contributed by atoms with van der Waals surface area (Å²) in [6, 6.07) is 10.3. The van der Waals surface area contributed by atoms with Crippen LogP contribution in [0.1, 0.15) is 38.2 Å². The summed E-state index contributed by atoms with van der Waals surface area (Å²) in [5, 5.41) is 0. The summed E-state index contributed by atoms with van der Waals surface area (Å²) in [7, 11) is 0. The molecule has 0 aromatic heterocycles. The summed E-state index contributed by atoms with van der Waals surface area (Å²) in [4.78, 5) is 11.2. The highest BCUT2D eigenvalue weighted by Crippen LogP contribution is 2.15. The quantitative estimate of drug-likeness (QED) is 0.752. The fraction of sp³-hybridized carbons (Fsp3) is 0.500. The number of hydrogen-bond donors (Lipinski definition) is 1. The van der Waals surface area contributed by atoms with E-state index in [9.17, 15) is 4.79 Å². The largest absolute Gasteiger partial charge is 0.369 e. The fourth-order valence-corrected chi connectivity index (χ4v) is 1.86. The monoisotopic (exact) mass is 219 g/mol. The van der Waals surface area contributed by atoms with Gasteiger partial charge in [0.1, 0.15) is 0 Å². The normalized spacial score (nSPS) is 12.3. The molecule has 1 unspecified atom stereocenters. The average molecular weight is 219 g/mol. The first-order valence-electron chi connectivity index (χ1n) is 6.07. The number of carbonyl (C=O) groups is 1. The minimum atomic E-state index is -0.149. The van der Waals surface area contributed by atoms with E-state index < -0.39 is 0 Å². The molecule has 88 valence electrons. The number of hydrogen-bond acceptors (Lipinski definition) is 1. The molecule has 0 aliphatic heterocycles. The Morgan fingerprint density at radius 2 is 1.94 bits per heavy atom. The highest BCUT2D eigenvalue weighted by atomic mass is 16.1. The van der Waals surface area contributed by atoms with Crippen LogP contribution in [-0.2, 0) is 11.2 Å². The van der Waals surface area contributed by atoms with Crippen LogP contribution in [0.4, 0.5) is 0 Å². The van der Waals surface area contributed by atoms with Gasteiger partial charge in [-0.3, -0.25) is 4.79 Å². The first-order chi connectivity index (χ1) is 7.74. The molecular weight excluding hydrogens is 198 g/mol. The zero-order valence-electron chi connectivity index (χ0n) is 9.99. The first-order valence-corrected chi connectivity index (χ1v) is 6.07. The molecule has 1 aromatic carbocycles. The van der Waals surface area contributed by atoms with E-state index in [-0.39, 0.29) is 11.8 Å². The molecule has 1 atom stereocenters. The zero-order chi connectivity index (χ0) is 11.8. The molecule has 0 spiro atoms. The number of amides is 1. The molecule has 0 fully saturated rings. The van der Waals surface area contributed by atoms with Crippen molar-refractivity contribution in [3.05, 3.63) is 35.9 Å². The molecule has 0 aliphatic rings. The molecule has 0 radical (unpaired) electrons. The van der Waals surface area contributed by atoms with Crippen LogP contribution in [0, 0.1) is 5.92 Å². The molecule has 16 heavy (non-hydrogen) atoms. The van der Waals surface area contributed by atoms with E-state index in [4.69, 9.17) is 5.73 Å². The van der Waals surface area contributed by atoms with Gasteiger partial charge in [0.05, 0.1) is 0 Å². The lowest BCUT2D eigenvalue weighted by atomic mass is 9.94. The van der Waals surface area contributed by atoms with Crippen LogP contribution in [0.2, 0.25) is 0 Å². The Hall–Kier alpha value is -1.31. The van der Waals surface area contributed by atoms with E-state index in [1.165, 1.54) is 5.56 Å². The molecule has 0 aliphatic carbocycles. The van der Waals surface area contributed by atoms with Crippen LogP contribution in [0.15, 0.2) is 30.3 Å². The lowest BCUT2D eigenvalue weighted by molar-refractivity contribution is -0.122. The second-order valence-electron chi connectivity index (χ2n) is 4.27. The summed E-state index contributed by atoms with van der Waals surface area (Å²) in [5.74, 6) is -0.107. The van der Waals surface area contributed by atoms with Crippen molar-refractivity contribution in [1.29, 1.82) is 0 Å². The SMILES string of the molecule is CCCCC(CCc1ccccc1)C(N)=O. The van der Waals surface area contributed by atoms with Crippen LogP contribution >= 0.6 is 0 Å². The Balaban J connectivity index is 2.41. The van der Waals surface area contributed by atoms with Gasteiger partial charge in [-0.25, -0.2) is 0 Å². The maximum atomic E-state index is 11.2. The van der Waals surface area contributed by atoms with Crippen molar-refractivity contribution in [3.63, 3.8) is 0 Å². The van der Waals surface area contributed by atoms with E-state index in [0.717, 1.165) is 32.1 Å². The van der Waals surface area contributed by atoms with Crippen LogP contribution in [0.5, 0.6) is 0 Å². The lowest BCUT2D eigenvalue weighted by Gasteiger charge is -2.12. The maximum absolute atomic E-state index is 11.2. The van der Waals surface area contributed by atoms with Crippen molar-refractivity contribution < 1.29 is 4.79 Å². The molecule has 1 rings (SSSR count). The van der Waals surface area contributed by atoms with E-state index in [2.05, 4.69) is 19.1 Å². The van der Waals surface area contributed by atoms with Crippen molar-refractivity contribution >= 4 is 5.91 Å². The fourth-order valence-electron chi connectivity index (χ4n) is 1.86. The minimum Gasteiger partial charge on any atom is -0.369 e. The number of rotatable bonds is 7. The van der Waals surface area contributed by atoms with E-state index in [1.54, 1.807) is 0 Å². The average Bonchev–Trinajstić information content (AvgIpc) is 2.30. The van der Waals surface area contributed by atoms with Gasteiger partial charge in [0.15, 0.2) is 0 Å². The summed E-state index contributed by atoms with van der Waals surface area (Å²) in [6.45, 7) is 2.13. The van der Waals surface area contributed by atoms with Gasteiger partial charge in [0.2, 0.25) is 5.91 Å². The van der Waals surface area contributed by atoms with E-state index >= 15 is 0 Å². The number of primary amides is 1. The van der Waals surface area contributed by atoms with Crippen LogP contribution in [0.3, 0.4) is 0 Å². The minimum absolute atomic E-state index is 0.0418. The van der Waals surface area contributed by atoms with Gasteiger partial charge in [0.25, 0.3) is 0 Å². The third kappa shape index (κ3) is 4.47. The van der Waals surface area contributed by atoms with Gasteiger partial charge in [-0.15, -0.1) is 0 Å². The molecule has 0 bridgehead atoms.